The van der Waals surface area contributed by atoms with Gasteiger partial charge in [0.15, 0.2) is 0 Å². The van der Waals surface area contributed by atoms with E-state index in [2.05, 4.69) is 9.97 Å². The van der Waals surface area contributed by atoms with Crippen molar-refractivity contribution >= 4 is 16.9 Å². The smallest absolute Gasteiger partial charge is 0.253 e. The summed E-state index contributed by atoms with van der Waals surface area (Å²) >= 11 is 0. The topological polar surface area (TPSA) is 49.0 Å². The predicted octanol–water partition coefficient (Wildman–Crippen LogP) is 2.89. The SMILES string of the molecule is Cc1nc2ccc(C(=O)N3CCCCCC3)cc2[nH]1. The van der Waals surface area contributed by atoms with E-state index < -0.39 is 0 Å². The molecule has 1 N–H and O–H groups in total. The molecular formula is C15H19N3O. The Labute approximate surface area is 112 Å². The molecular weight excluding hydrogens is 238 g/mol. The van der Waals surface area contributed by atoms with Gasteiger partial charge in [0.05, 0.1) is 11.0 Å². The van der Waals surface area contributed by atoms with Crippen LogP contribution >= 0.6 is 0 Å². The van der Waals surface area contributed by atoms with Crippen LogP contribution in [-0.2, 0) is 0 Å². The van der Waals surface area contributed by atoms with Crippen LogP contribution in [0.2, 0.25) is 0 Å². The molecule has 0 aliphatic carbocycles. The Morgan fingerprint density at radius 3 is 2.68 bits per heavy atom. The van der Waals surface area contributed by atoms with Gasteiger partial charge in [0.2, 0.25) is 0 Å². The third-order valence-electron chi connectivity index (χ3n) is 3.74. The van der Waals surface area contributed by atoms with E-state index in [9.17, 15) is 4.79 Å². The molecule has 100 valence electrons. The van der Waals surface area contributed by atoms with Gasteiger partial charge in [0.1, 0.15) is 5.82 Å². The van der Waals surface area contributed by atoms with Crippen LogP contribution in [-0.4, -0.2) is 33.9 Å². The van der Waals surface area contributed by atoms with Gasteiger partial charge in [-0.3, -0.25) is 4.79 Å². The molecule has 1 amide bonds. The first-order valence-corrected chi connectivity index (χ1v) is 7.00. The van der Waals surface area contributed by atoms with E-state index in [1.54, 1.807) is 0 Å². The molecule has 0 radical (unpaired) electrons. The Kier molecular flexibility index (Phi) is 3.23. The van der Waals surface area contributed by atoms with E-state index in [-0.39, 0.29) is 5.91 Å². The Hall–Kier alpha value is -1.84. The number of amides is 1. The number of H-pyrrole nitrogens is 1. The minimum atomic E-state index is 0.149. The van der Waals surface area contributed by atoms with Crippen LogP contribution in [0.3, 0.4) is 0 Å². The summed E-state index contributed by atoms with van der Waals surface area (Å²) in [7, 11) is 0. The number of carbonyl (C=O) groups is 1. The highest BCUT2D eigenvalue weighted by Crippen LogP contribution is 2.17. The first-order chi connectivity index (χ1) is 9.24. The van der Waals surface area contributed by atoms with Gasteiger partial charge in [-0.05, 0) is 38.0 Å². The highest BCUT2D eigenvalue weighted by molar-refractivity contribution is 5.97. The van der Waals surface area contributed by atoms with Crippen LogP contribution in [0.5, 0.6) is 0 Å². The number of fused-ring (bicyclic) bond motifs is 1. The number of hydrogen-bond acceptors (Lipinski definition) is 2. The molecule has 2 aromatic rings. The first-order valence-electron chi connectivity index (χ1n) is 7.00. The van der Waals surface area contributed by atoms with Crippen molar-refractivity contribution in [3.05, 3.63) is 29.6 Å². The molecule has 1 saturated heterocycles. The van der Waals surface area contributed by atoms with Gasteiger partial charge in [0, 0.05) is 18.7 Å². The molecule has 1 aliphatic rings. The van der Waals surface area contributed by atoms with E-state index in [1.165, 1.54) is 12.8 Å². The standard InChI is InChI=1S/C15H19N3O/c1-11-16-13-7-6-12(10-14(13)17-11)15(19)18-8-4-2-3-5-9-18/h6-7,10H,2-5,8-9H2,1H3,(H,16,17). The molecule has 0 atom stereocenters. The Bertz CT molecular complexity index is 594. The minimum Gasteiger partial charge on any atom is -0.342 e. The van der Waals surface area contributed by atoms with E-state index in [4.69, 9.17) is 0 Å². The molecule has 1 aliphatic heterocycles. The second kappa shape index (κ2) is 5.03. The lowest BCUT2D eigenvalue weighted by atomic mass is 10.1. The molecule has 0 bridgehead atoms. The summed E-state index contributed by atoms with van der Waals surface area (Å²) in [6, 6.07) is 5.72. The molecule has 19 heavy (non-hydrogen) atoms. The maximum Gasteiger partial charge on any atom is 0.253 e. The van der Waals surface area contributed by atoms with Crippen molar-refractivity contribution in [2.75, 3.05) is 13.1 Å². The number of nitrogens with zero attached hydrogens (tertiary/aromatic N) is 2. The highest BCUT2D eigenvalue weighted by atomic mass is 16.2. The number of hydrogen-bond donors (Lipinski definition) is 1. The van der Waals surface area contributed by atoms with Crippen molar-refractivity contribution in [3.63, 3.8) is 0 Å². The summed E-state index contributed by atoms with van der Waals surface area (Å²) < 4.78 is 0. The average Bonchev–Trinajstić information content (AvgIpc) is 2.63. The number of aryl methyl sites for hydroxylation is 1. The molecule has 4 nitrogen and oxygen atoms in total. The maximum atomic E-state index is 12.5. The lowest BCUT2D eigenvalue weighted by Crippen LogP contribution is -2.31. The quantitative estimate of drug-likeness (QED) is 0.854. The summed E-state index contributed by atoms with van der Waals surface area (Å²) in [5, 5.41) is 0. The van der Waals surface area contributed by atoms with Crippen molar-refractivity contribution in [3.8, 4) is 0 Å². The lowest BCUT2D eigenvalue weighted by molar-refractivity contribution is 0.0762. The van der Waals surface area contributed by atoms with Gasteiger partial charge in [-0.25, -0.2) is 4.98 Å². The van der Waals surface area contributed by atoms with Crippen molar-refractivity contribution in [2.24, 2.45) is 0 Å². The predicted molar refractivity (Wildman–Crippen MR) is 75.2 cm³/mol. The molecule has 0 saturated carbocycles. The van der Waals surface area contributed by atoms with Gasteiger partial charge < -0.3 is 9.88 Å². The molecule has 1 aromatic carbocycles. The number of nitrogens with one attached hydrogen (secondary N) is 1. The highest BCUT2D eigenvalue weighted by Gasteiger charge is 2.17. The number of carbonyl (C=O) groups excluding carboxylic acids is 1. The number of imidazole rings is 1. The van der Waals surface area contributed by atoms with Crippen molar-refractivity contribution in [1.29, 1.82) is 0 Å². The van der Waals surface area contributed by atoms with Crippen LogP contribution < -0.4 is 0 Å². The van der Waals surface area contributed by atoms with Crippen molar-refractivity contribution < 1.29 is 4.79 Å². The molecule has 4 heteroatoms. The van der Waals surface area contributed by atoms with Crippen LogP contribution in [0.25, 0.3) is 11.0 Å². The fourth-order valence-corrected chi connectivity index (χ4v) is 2.73. The second-order valence-corrected chi connectivity index (χ2v) is 5.26. The fourth-order valence-electron chi connectivity index (χ4n) is 2.73. The minimum absolute atomic E-state index is 0.149. The summed E-state index contributed by atoms with van der Waals surface area (Å²) in [6.45, 7) is 3.70. The lowest BCUT2D eigenvalue weighted by Gasteiger charge is -2.20. The average molecular weight is 257 g/mol. The fraction of sp³-hybridized carbons (Fsp3) is 0.467. The molecule has 1 aromatic heterocycles. The third kappa shape index (κ3) is 2.48. The zero-order valence-electron chi connectivity index (χ0n) is 11.3. The zero-order valence-corrected chi connectivity index (χ0v) is 11.3. The normalized spacial score (nSPS) is 16.6. The number of likely N-dealkylation sites (tertiary alicyclic amines) is 1. The van der Waals surface area contributed by atoms with E-state index in [1.807, 2.05) is 30.0 Å². The van der Waals surface area contributed by atoms with Crippen LogP contribution in [0.15, 0.2) is 18.2 Å². The number of aromatic amines is 1. The number of benzene rings is 1. The second-order valence-electron chi connectivity index (χ2n) is 5.26. The van der Waals surface area contributed by atoms with E-state index in [0.717, 1.165) is 48.4 Å². The van der Waals surface area contributed by atoms with Crippen LogP contribution in [0, 0.1) is 6.92 Å². The largest absolute Gasteiger partial charge is 0.342 e. The van der Waals surface area contributed by atoms with E-state index in [0.29, 0.717) is 0 Å². The van der Waals surface area contributed by atoms with Crippen molar-refractivity contribution in [1.82, 2.24) is 14.9 Å². The monoisotopic (exact) mass is 257 g/mol. The summed E-state index contributed by atoms with van der Waals surface area (Å²) in [5.41, 5.74) is 2.63. The zero-order chi connectivity index (χ0) is 13.2. The number of aromatic nitrogens is 2. The maximum absolute atomic E-state index is 12.5. The summed E-state index contributed by atoms with van der Waals surface area (Å²) in [6.07, 6.45) is 4.72. The third-order valence-corrected chi connectivity index (χ3v) is 3.74. The molecule has 3 rings (SSSR count). The molecule has 1 fully saturated rings. The van der Waals surface area contributed by atoms with Crippen LogP contribution in [0.4, 0.5) is 0 Å². The van der Waals surface area contributed by atoms with E-state index >= 15 is 0 Å². The summed E-state index contributed by atoms with van der Waals surface area (Å²) in [5.74, 6) is 1.03. The Balaban J connectivity index is 1.87. The van der Waals surface area contributed by atoms with Gasteiger partial charge in [-0.15, -0.1) is 0 Å². The molecule has 0 spiro atoms. The van der Waals surface area contributed by atoms with Gasteiger partial charge in [0.25, 0.3) is 5.91 Å². The van der Waals surface area contributed by atoms with Gasteiger partial charge in [-0.1, -0.05) is 12.8 Å². The molecule has 0 unspecified atom stereocenters. The molecule has 2 heterocycles. The first kappa shape index (κ1) is 12.2. The van der Waals surface area contributed by atoms with Crippen molar-refractivity contribution in [2.45, 2.75) is 32.6 Å². The summed E-state index contributed by atoms with van der Waals surface area (Å²) in [4.78, 5) is 22.0. The number of rotatable bonds is 1. The Morgan fingerprint density at radius 1 is 1.21 bits per heavy atom. The van der Waals surface area contributed by atoms with Gasteiger partial charge in [-0.2, -0.15) is 0 Å². The van der Waals surface area contributed by atoms with Crippen LogP contribution in [0.1, 0.15) is 41.9 Å². The Morgan fingerprint density at radius 2 is 1.95 bits per heavy atom. The van der Waals surface area contributed by atoms with Gasteiger partial charge >= 0.3 is 0 Å².